The minimum atomic E-state index is -1.30. The highest BCUT2D eigenvalue weighted by atomic mass is 16.6. The standard InChI is InChI=1S/C18H19NO6/c1-4-14(20)24-10(2)9-23-18(22)16(19)15-11(3)12-7-5-6-8-13(12)25-17(15)21/h4-8,10,16H,1,9,19H2,2-3H3. The fraction of sp³-hybridized carbons (Fsp3) is 0.278. The van der Waals surface area contributed by atoms with Crippen LogP contribution in [0.15, 0.2) is 46.1 Å². The molecule has 2 aromatic rings. The molecule has 0 saturated heterocycles. The van der Waals surface area contributed by atoms with Crippen molar-refractivity contribution in [2.24, 2.45) is 5.73 Å². The Kier molecular flexibility index (Phi) is 5.71. The first-order valence-electron chi connectivity index (χ1n) is 7.62. The molecule has 0 spiro atoms. The van der Waals surface area contributed by atoms with Crippen LogP contribution in [0.4, 0.5) is 0 Å². The van der Waals surface area contributed by atoms with Gasteiger partial charge in [0.15, 0.2) is 0 Å². The third-order valence-electron chi connectivity index (χ3n) is 3.63. The molecular weight excluding hydrogens is 326 g/mol. The molecule has 0 aliphatic rings. The van der Waals surface area contributed by atoms with Gasteiger partial charge in [0.05, 0.1) is 5.56 Å². The van der Waals surface area contributed by atoms with E-state index >= 15 is 0 Å². The highest BCUT2D eigenvalue weighted by Crippen LogP contribution is 2.22. The number of hydrogen-bond donors (Lipinski definition) is 1. The smallest absolute Gasteiger partial charge is 0.341 e. The molecular formula is C18H19NO6. The van der Waals surface area contributed by atoms with E-state index in [1.165, 1.54) is 0 Å². The van der Waals surface area contributed by atoms with Crippen LogP contribution in [0.5, 0.6) is 0 Å². The largest absolute Gasteiger partial charge is 0.460 e. The van der Waals surface area contributed by atoms with Crippen LogP contribution in [0.25, 0.3) is 11.0 Å². The van der Waals surface area contributed by atoms with E-state index in [2.05, 4.69) is 6.58 Å². The Hall–Kier alpha value is -2.93. The molecule has 2 N–H and O–H groups in total. The van der Waals surface area contributed by atoms with Crippen molar-refractivity contribution in [3.8, 4) is 0 Å². The van der Waals surface area contributed by atoms with E-state index in [4.69, 9.17) is 19.6 Å². The summed E-state index contributed by atoms with van der Waals surface area (Å²) in [6.45, 7) is 6.33. The van der Waals surface area contributed by atoms with Crippen LogP contribution in [-0.4, -0.2) is 24.6 Å². The minimum Gasteiger partial charge on any atom is -0.460 e. The Labute approximate surface area is 144 Å². The molecule has 7 nitrogen and oxygen atoms in total. The van der Waals surface area contributed by atoms with Gasteiger partial charge >= 0.3 is 17.6 Å². The molecule has 132 valence electrons. The number of hydrogen-bond acceptors (Lipinski definition) is 7. The molecule has 0 radical (unpaired) electrons. The first kappa shape index (κ1) is 18.4. The highest BCUT2D eigenvalue weighted by molar-refractivity contribution is 5.84. The topological polar surface area (TPSA) is 109 Å². The summed E-state index contributed by atoms with van der Waals surface area (Å²) in [4.78, 5) is 35.4. The summed E-state index contributed by atoms with van der Waals surface area (Å²) < 4.78 is 15.1. The van der Waals surface area contributed by atoms with Crippen LogP contribution in [0.2, 0.25) is 0 Å². The second kappa shape index (κ2) is 7.76. The number of carbonyl (C=O) groups excluding carboxylic acids is 2. The second-order valence-electron chi connectivity index (χ2n) is 5.48. The Morgan fingerprint density at radius 3 is 2.72 bits per heavy atom. The normalized spacial score (nSPS) is 13.1. The molecule has 2 atom stereocenters. The van der Waals surface area contributed by atoms with Crippen molar-refractivity contribution >= 4 is 22.9 Å². The number of benzene rings is 1. The van der Waals surface area contributed by atoms with Crippen molar-refractivity contribution in [2.75, 3.05) is 6.61 Å². The van der Waals surface area contributed by atoms with E-state index in [1.54, 1.807) is 38.1 Å². The van der Waals surface area contributed by atoms with Crippen LogP contribution in [0.3, 0.4) is 0 Å². The Morgan fingerprint density at radius 2 is 2.04 bits per heavy atom. The van der Waals surface area contributed by atoms with Crippen molar-refractivity contribution < 1.29 is 23.5 Å². The molecule has 0 fully saturated rings. The van der Waals surface area contributed by atoms with Gasteiger partial charge in [-0.05, 0) is 25.5 Å². The monoisotopic (exact) mass is 345 g/mol. The van der Waals surface area contributed by atoms with Gasteiger partial charge in [-0.2, -0.15) is 0 Å². The van der Waals surface area contributed by atoms with Crippen molar-refractivity contribution in [3.05, 3.63) is 58.5 Å². The Balaban J connectivity index is 2.17. The zero-order chi connectivity index (χ0) is 18.6. The van der Waals surface area contributed by atoms with E-state index < -0.39 is 29.7 Å². The van der Waals surface area contributed by atoms with Crippen LogP contribution < -0.4 is 11.4 Å². The number of ether oxygens (including phenoxy) is 2. The molecule has 25 heavy (non-hydrogen) atoms. The lowest BCUT2D eigenvalue weighted by atomic mass is 10.0. The summed E-state index contributed by atoms with van der Waals surface area (Å²) in [5.74, 6) is -1.44. The van der Waals surface area contributed by atoms with Crippen molar-refractivity contribution in [2.45, 2.75) is 26.0 Å². The molecule has 0 aliphatic heterocycles. The maximum atomic E-state index is 12.2. The fourth-order valence-electron chi connectivity index (χ4n) is 2.37. The van der Waals surface area contributed by atoms with Crippen LogP contribution in [-0.2, 0) is 19.1 Å². The summed E-state index contributed by atoms with van der Waals surface area (Å²) in [7, 11) is 0. The van der Waals surface area contributed by atoms with Crippen LogP contribution >= 0.6 is 0 Å². The molecule has 0 aliphatic carbocycles. The lowest BCUT2D eigenvalue weighted by Crippen LogP contribution is -2.32. The quantitative estimate of drug-likeness (QED) is 0.483. The van der Waals surface area contributed by atoms with Gasteiger partial charge < -0.3 is 19.6 Å². The van der Waals surface area contributed by atoms with Crippen molar-refractivity contribution in [1.82, 2.24) is 0 Å². The third-order valence-corrected chi connectivity index (χ3v) is 3.63. The maximum Gasteiger partial charge on any atom is 0.341 e. The maximum absolute atomic E-state index is 12.2. The molecule has 1 heterocycles. The van der Waals surface area contributed by atoms with Crippen molar-refractivity contribution in [3.63, 3.8) is 0 Å². The number of fused-ring (bicyclic) bond motifs is 1. The highest BCUT2D eigenvalue weighted by Gasteiger charge is 2.25. The fourth-order valence-corrected chi connectivity index (χ4v) is 2.37. The van der Waals surface area contributed by atoms with Gasteiger partial charge in [0.25, 0.3) is 0 Å². The zero-order valence-electron chi connectivity index (χ0n) is 14.0. The number of rotatable bonds is 6. The van der Waals surface area contributed by atoms with E-state index in [0.717, 1.165) is 6.08 Å². The Bertz CT molecular complexity index is 869. The summed E-state index contributed by atoms with van der Waals surface area (Å²) in [6, 6.07) is 5.66. The van der Waals surface area contributed by atoms with Gasteiger partial charge in [-0.15, -0.1) is 0 Å². The molecule has 0 bridgehead atoms. The number of nitrogens with two attached hydrogens (primary N) is 1. The van der Waals surface area contributed by atoms with E-state index in [9.17, 15) is 14.4 Å². The first-order valence-corrected chi connectivity index (χ1v) is 7.62. The number of carbonyl (C=O) groups is 2. The molecule has 0 amide bonds. The molecule has 1 aromatic heterocycles. The van der Waals surface area contributed by atoms with Gasteiger partial charge in [0, 0.05) is 11.5 Å². The van der Waals surface area contributed by atoms with Gasteiger partial charge in [-0.3, -0.25) is 0 Å². The zero-order valence-corrected chi connectivity index (χ0v) is 14.0. The molecule has 2 rings (SSSR count). The first-order chi connectivity index (χ1) is 11.8. The third kappa shape index (κ3) is 4.13. The Morgan fingerprint density at radius 1 is 1.36 bits per heavy atom. The van der Waals surface area contributed by atoms with Gasteiger partial charge in [0.2, 0.25) is 0 Å². The summed E-state index contributed by atoms with van der Waals surface area (Å²) in [5.41, 5.74) is 6.21. The van der Waals surface area contributed by atoms with E-state index in [1.807, 2.05) is 0 Å². The SMILES string of the molecule is C=CC(=O)OC(C)COC(=O)C(N)c1c(C)c2ccccc2oc1=O. The number of para-hydroxylation sites is 1. The molecule has 1 aromatic carbocycles. The minimum absolute atomic E-state index is 0.0411. The average Bonchev–Trinajstić information content (AvgIpc) is 2.59. The second-order valence-corrected chi connectivity index (χ2v) is 5.48. The number of esters is 2. The summed E-state index contributed by atoms with van der Waals surface area (Å²) >= 11 is 0. The van der Waals surface area contributed by atoms with Gasteiger partial charge in [-0.25, -0.2) is 14.4 Å². The molecule has 2 unspecified atom stereocenters. The van der Waals surface area contributed by atoms with Crippen LogP contribution in [0.1, 0.15) is 24.1 Å². The lowest BCUT2D eigenvalue weighted by molar-refractivity contribution is -0.155. The molecule has 7 heteroatoms. The van der Waals surface area contributed by atoms with Gasteiger partial charge in [0.1, 0.15) is 24.3 Å². The molecule has 0 saturated carbocycles. The predicted octanol–water partition coefficient (Wildman–Crippen LogP) is 1.76. The van der Waals surface area contributed by atoms with E-state index in [0.29, 0.717) is 16.5 Å². The predicted molar refractivity (Wildman–Crippen MR) is 90.9 cm³/mol. The average molecular weight is 345 g/mol. The van der Waals surface area contributed by atoms with E-state index in [-0.39, 0.29) is 12.2 Å². The summed E-state index contributed by atoms with van der Waals surface area (Å²) in [6.07, 6.45) is 0.337. The van der Waals surface area contributed by atoms with Gasteiger partial charge in [-0.1, -0.05) is 24.8 Å². The van der Waals surface area contributed by atoms with Crippen LogP contribution in [0, 0.1) is 6.92 Å². The lowest BCUT2D eigenvalue weighted by Gasteiger charge is -2.16. The summed E-state index contributed by atoms with van der Waals surface area (Å²) in [5, 5.41) is 0.689. The number of aryl methyl sites for hydroxylation is 1. The van der Waals surface area contributed by atoms with Crippen molar-refractivity contribution in [1.29, 1.82) is 0 Å².